The average Bonchev–Trinajstić information content (AvgIpc) is 2.62. The predicted molar refractivity (Wildman–Crippen MR) is 88.2 cm³/mol. The maximum absolute atomic E-state index is 12.2. The molecule has 0 aromatic carbocycles. The highest BCUT2D eigenvalue weighted by atomic mass is 16.1. The Bertz CT molecular complexity index is 894. The number of carbonyl (C=O) groups excluding carboxylic acids is 1. The molecule has 3 aromatic rings. The summed E-state index contributed by atoms with van der Waals surface area (Å²) < 4.78 is 0. The molecular weight excluding hydrogens is 306 g/mol. The van der Waals surface area contributed by atoms with E-state index in [-0.39, 0.29) is 11.5 Å². The first-order chi connectivity index (χ1) is 11.6. The molecule has 3 heterocycles. The van der Waals surface area contributed by atoms with Crippen LogP contribution in [0.4, 0.5) is 0 Å². The van der Waals surface area contributed by atoms with E-state index < -0.39 is 6.04 Å². The highest BCUT2D eigenvalue weighted by Crippen LogP contribution is 2.15. The number of aromatic nitrogens is 4. The molecule has 1 atom stereocenters. The van der Waals surface area contributed by atoms with Gasteiger partial charge in [0.1, 0.15) is 5.82 Å². The van der Waals surface area contributed by atoms with Crippen molar-refractivity contribution >= 4 is 5.91 Å². The van der Waals surface area contributed by atoms with Gasteiger partial charge in [-0.2, -0.15) is 0 Å². The van der Waals surface area contributed by atoms with Gasteiger partial charge < -0.3 is 10.3 Å². The summed E-state index contributed by atoms with van der Waals surface area (Å²) in [5.74, 6) is 0.133. The van der Waals surface area contributed by atoms with E-state index in [1.54, 1.807) is 49.8 Å². The smallest absolute Gasteiger partial charge is 0.253 e. The van der Waals surface area contributed by atoms with Crippen LogP contribution in [0, 0.1) is 0 Å². The molecule has 1 amide bonds. The second-order valence-electron chi connectivity index (χ2n) is 5.20. The minimum atomic E-state index is -0.435. The van der Waals surface area contributed by atoms with Crippen molar-refractivity contribution in [2.75, 3.05) is 0 Å². The third-order valence-corrected chi connectivity index (χ3v) is 3.41. The molecule has 0 unspecified atom stereocenters. The summed E-state index contributed by atoms with van der Waals surface area (Å²) in [6.07, 6.45) is 6.33. The van der Waals surface area contributed by atoms with Crippen LogP contribution in [-0.2, 0) is 0 Å². The molecule has 0 aliphatic heterocycles. The van der Waals surface area contributed by atoms with Crippen LogP contribution in [-0.4, -0.2) is 25.8 Å². The average molecular weight is 321 g/mol. The zero-order valence-corrected chi connectivity index (χ0v) is 12.9. The summed E-state index contributed by atoms with van der Waals surface area (Å²) >= 11 is 0. The lowest BCUT2D eigenvalue weighted by atomic mass is 10.2. The van der Waals surface area contributed by atoms with Crippen LogP contribution in [0.5, 0.6) is 0 Å². The summed E-state index contributed by atoms with van der Waals surface area (Å²) in [5, 5.41) is 2.81. The van der Waals surface area contributed by atoms with E-state index >= 15 is 0 Å². The van der Waals surface area contributed by atoms with Crippen molar-refractivity contribution in [1.82, 2.24) is 25.3 Å². The molecule has 7 heteroatoms. The highest BCUT2D eigenvalue weighted by molar-refractivity contribution is 5.94. The first-order valence-corrected chi connectivity index (χ1v) is 7.36. The molecule has 0 aliphatic rings. The third kappa shape index (κ3) is 3.52. The Kier molecular flexibility index (Phi) is 4.42. The summed E-state index contributed by atoms with van der Waals surface area (Å²) in [5.41, 5.74) is 1.32. The Morgan fingerprint density at radius 2 is 1.92 bits per heavy atom. The van der Waals surface area contributed by atoms with Gasteiger partial charge in [0.2, 0.25) is 0 Å². The lowest BCUT2D eigenvalue weighted by Crippen LogP contribution is -2.28. The quantitative estimate of drug-likeness (QED) is 0.762. The van der Waals surface area contributed by atoms with Crippen LogP contribution in [0.2, 0.25) is 0 Å². The van der Waals surface area contributed by atoms with Crippen LogP contribution in [0.25, 0.3) is 11.4 Å². The fourth-order valence-electron chi connectivity index (χ4n) is 2.19. The van der Waals surface area contributed by atoms with E-state index in [4.69, 9.17) is 0 Å². The van der Waals surface area contributed by atoms with Crippen molar-refractivity contribution in [1.29, 1.82) is 0 Å². The predicted octanol–water partition coefficient (Wildman–Crippen LogP) is 1.72. The Labute approximate surface area is 137 Å². The van der Waals surface area contributed by atoms with Gasteiger partial charge in [0.25, 0.3) is 11.5 Å². The van der Waals surface area contributed by atoms with Gasteiger partial charge in [-0.05, 0) is 31.2 Å². The molecule has 0 fully saturated rings. The van der Waals surface area contributed by atoms with Crippen LogP contribution in [0.3, 0.4) is 0 Å². The van der Waals surface area contributed by atoms with Gasteiger partial charge in [-0.3, -0.25) is 19.6 Å². The van der Waals surface area contributed by atoms with E-state index in [1.165, 1.54) is 12.3 Å². The van der Waals surface area contributed by atoms with Crippen molar-refractivity contribution in [3.63, 3.8) is 0 Å². The number of hydrogen-bond donors (Lipinski definition) is 2. The van der Waals surface area contributed by atoms with E-state index in [0.29, 0.717) is 22.6 Å². The van der Waals surface area contributed by atoms with Gasteiger partial charge in [0, 0.05) is 36.4 Å². The van der Waals surface area contributed by atoms with Gasteiger partial charge in [-0.25, -0.2) is 4.98 Å². The molecular formula is C17H15N5O2. The first kappa shape index (κ1) is 15.5. The number of H-pyrrole nitrogens is 1. The zero-order valence-electron chi connectivity index (χ0n) is 12.9. The highest BCUT2D eigenvalue weighted by Gasteiger charge is 2.14. The summed E-state index contributed by atoms with van der Waals surface area (Å²) in [6.45, 7) is 1.77. The number of nitrogens with one attached hydrogen (secondary N) is 2. The summed E-state index contributed by atoms with van der Waals surface area (Å²) in [6, 6.07) is 7.85. The lowest BCUT2D eigenvalue weighted by Gasteiger charge is -2.14. The zero-order chi connectivity index (χ0) is 16.9. The number of nitrogens with zero attached hydrogens (tertiary/aromatic N) is 3. The topological polar surface area (TPSA) is 101 Å². The number of hydrogen-bond acceptors (Lipinski definition) is 5. The second kappa shape index (κ2) is 6.82. The number of aromatic amines is 1. The minimum absolute atomic E-state index is 0.277. The van der Waals surface area contributed by atoms with Crippen LogP contribution < -0.4 is 10.9 Å². The summed E-state index contributed by atoms with van der Waals surface area (Å²) in [7, 11) is 0. The van der Waals surface area contributed by atoms with Crippen LogP contribution in [0.1, 0.15) is 29.0 Å². The van der Waals surface area contributed by atoms with E-state index in [1.807, 2.05) is 0 Å². The van der Waals surface area contributed by atoms with E-state index in [0.717, 1.165) is 0 Å². The molecule has 3 rings (SSSR count). The Morgan fingerprint density at radius 3 is 2.58 bits per heavy atom. The van der Waals surface area contributed by atoms with Crippen molar-refractivity contribution in [3.8, 4) is 11.4 Å². The third-order valence-electron chi connectivity index (χ3n) is 3.41. The number of amides is 1. The van der Waals surface area contributed by atoms with Crippen molar-refractivity contribution < 1.29 is 4.79 Å². The Balaban J connectivity index is 1.85. The molecule has 2 N–H and O–H groups in total. The van der Waals surface area contributed by atoms with Crippen LogP contribution >= 0.6 is 0 Å². The van der Waals surface area contributed by atoms with Gasteiger partial charge in [0.05, 0.1) is 17.3 Å². The molecule has 0 bridgehead atoms. The molecule has 0 saturated heterocycles. The number of carbonyl (C=O) groups is 1. The molecule has 0 radical (unpaired) electrons. The lowest BCUT2D eigenvalue weighted by molar-refractivity contribution is 0.0938. The summed E-state index contributed by atoms with van der Waals surface area (Å²) in [4.78, 5) is 39.1. The molecule has 3 aromatic heterocycles. The Hall–Kier alpha value is -3.35. The minimum Gasteiger partial charge on any atom is -0.344 e. The Morgan fingerprint density at radius 1 is 1.17 bits per heavy atom. The number of rotatable bonds is 4. The maximum Gasteiger partial charge on any atom is 0.253 e. The van der Waals surface area contributed by atoms with Gasteiger partial charge in [0.15, 0.2) is 0 Å². The molecule has 7 nitrogen and oxygen atoms in total. The fraction of sp³-hybridized carbons (Fsp3) is 0.118. The molecule has 24 heavy (non-hydrogen) atoms. The van der Waals surface area contributed by atoms with Gasteiger partial charge >= 0.3 is 0 Å². The molecule has 120 valence electrons. The molecule has 0 saturated carbocycles. The SMILES string of the molecule is C[C@@H](NC(=O)c1cccnc1)c1cc(=O)[nH]c(-c2cccnc2)n1. The monoisotopic (exact) mass is 321 g/mol. The standard InChI is InChI=1S/C17H15N5O2/c1-11(20-17(24)13-5-3-7-19-10-13)14-8-15(23)22-16(21-14)12-4-2-6-18-9-12/h2-11H,1H3,(H,20,24)(H,21,22,23)/t11-/m1/s1. The second-order valence-corrected chi connectivity index (χ2v) is 5.20. The van der Waals surface area contributed by atoms with Crippen molar-refractivity contribution in [2.24, 2.45) is 0 Å². The van der Waals surface area contributed by atoms with Gasteiger partial charge in [-0.15, -0.1) is 0 Å². The normalized spacial score (nSPS) is 11.7. The fourth-order valence-corrected chi connectivity index (χ4v) is 2.19. The van der Waals surface area contributed by atoms with E-state index in [9.17, 15) is 9.59 Å². The van der Waals surface area contributed by atoms with Crippen molar-refractivity contribution in [2.45, 2.75) is 13.0 Å². The largest absolute Gasteiger partial charge is 0.344 e. The van der Waals surface area contributed by atoms with Crippen molar-refractivity contribution in [3.05, 3.63) is 76.7 Å². The number of pyridine rings is 2. The molecule has 0 spiro atoms. The first-order valence-electron chi connectivity index (χ1n) is 7.36. The molecule has 0 aliphatic carbocycles. The van der Waals surface area contributed by atoms with Crippen LogP contribution in [0.15, 0.2) is 59.9 Å². The van der Waals surface area contributed by atoms with E-state index in [2.05, 4.69) is 25.3 Å². The maximum atomic E-state index is 12.2. The van der Waals surface area contributed by atoms with Gasteiger partial charge in [-0.1, -0.05) is 0 Å².